The van der Waals surface area contributed by atoms with Gasteiger partial charge in [0.25, 0.3) is 0 Å². The first kappa shape index (κ1) is 12.5. The van der Waals surface area contributed by atoms with E-state index in [2.05, 4.69) is 0 Å². The molecule has 0 bridgehead atoms. The zero-order valence-corrected chi connectivity index (χ0v) is 10.3. The number of carbonyl (C=O) groups is 2. The van der Waals surface area contributed by atoms with Crippen LogP contribution in [0.1, 0.15) is 32.1 Å². The molecule has 5 heteroatoms. The number of imide groups is 1. The maximum atomic E-state index is 12.0. The van der Waals surface area contributed by atoms with Crippen LogP contribution in [-0.4, -0.2) is 59.0 Å². The largest absolute Gasteiger partial charge is 0.395 e. The number of amides is 2. The van der Waals surface area contributed by atoms with E-state index in [-0.39, 0.29) is 30.9 Å². The predicted molar refractivity (Wildman–Crippen MR) is 62.2 cm³/mol. The van der Waals surface area contributed by atoms with E-state index in [9.17, 15) is 9.59 Å². The van der Waals surface area contributed by atoms with Crippen molar-refractivity contribution in [3.05, 3.63) is 0 Å². The summed E-state index contributed by atoms with van der Waals surface area (Å²) >= 11 is 0. The summed E-state index contributed by atoms with van der Waals surface area (Å²) < 4.78 is 0. The molecule has 2 rings (SSSR count). The van der Waals surface area contributed by atoms with Crippen molar-refractivity contribution in [2.45, 2.75) is 44.2 Å². The first-order chi connectivity index (χ1) is 8.15. The SMILES string of the molecule is CN1C(=O)CC(N(CCO)C2CCCC2)C1=O. The van der Waals surface area contributed by atoms with Crippen LogP contribution in [0.4, 0.5) is 0 Å². The molecule has 0 aromatic rings. The Kier molecular flexibility index (Phi) is 3.79. The molecule has 0 spiro atoms. The molecule has 1 aliphatic heterocycles. The average Bonchev–Trinajstić information content (AvgIpc) is 2.91. The summed E-state index contributed by atoms with van der Waals surface area (Å²) in [5.74, 6) is -0.226. The lowest BCUT2D eigenvalue weighted by Crippen LogP contribution is -2.47. The average molecular weight is 240 g/mol. The van der Waals surface area contributed by atoms with Crippen LogP contribution < -0.4 is 0 Å². The fraction of sp³-hybridized carbons (Fsp3) is 0.833. The van der Waals surface area contributed by atoms with Crippen LogP contribution in [0.2, 0.25) is 0 Å². The van der Waals surface area contributed by atoms with Crippen LogP contribution in [0, 0.1) is 0 Å². The minimum Gasteiger partial charge on any atom is -0.395 e. The Morgan fingerprint density at radius 3 is 2.47 bits per heavy atom. The molecule has 96 valence electrons. The van der Waals surface area contributed by atoms with Crippen molar-refractivity contribution in [1.82, 2.24) is 9.80 Å². The van der Waals surface area contributed by atoms with Crippen LogP contribution in [-0.2, 0) is 9.59 Å². The first-order valence-corrected chi connectivity index (χ1v) is 6.32. The Labute approximate surface area is 101 Å². The minimum atomic E-state index is -0.345. The van der Waals surface area contributed by atoms with Gasteiger partial charge in [0.15, 0.2) is 0 Å². The molecule has 2 aliphatic rings. The van der Waals surface area contributed by atoms with Gasteiger partial charge in [-0.3, -0.25) is 19.4 Å². The maximum Gasteiger partial charge on any atom is 0.246 e. The van der Waals surface area contributed by atoms with Crippen LogP contribution >= 0.6 is 0 Å². The molecule has 0 aromatic heterocycles. The van der Waals surface area contributed by atoms with Crippen molar-refractivity contribution in [2.75, 3.05) is 20.2 Å². The van der Waals surface area contributed by atoms with Gasteiger partial charge in [-0.2, -0.15) is 0 Å². The van der Waals surface area contributed by atoms with Gasteiger partial charge in [0, 0.05) is 19.6 Å². The summed E-state index contributed by atoms with van der Waals surface area (Å²) in [6.07, 6.45) is 4.77. The maximum absolute atomic E-state index is 12.0. The van der Waals surface area contributed by atoms with Gasteiger partial charge in [0.05, 0.1) is 19.1 Å². The number of hydrogen-bond acceptors (Lipinski definition) is 4. The zero-order chi connectivity index (χ0) is 12.4. The summed E-state index contributed by atoms with van der Waals surface area (Å²) in [5, 5.41) is 9.12. The highest BCUT2D eigenvalue weighted by Crippen LogP contribution is 2.28. The van der Waals surface area contributed by atoms with Crippen LogP contribution in [0.15, 0.2) is 0 Å². The van der Waals surface area contributed by atoms with Crippen molar-refractivity contribution in [3.8, 4) is 0 Å². The number of carbonyl (C=O) groups excluding carboxylic acids is 2. The summed E-state index contributed by atoms with van der Waals surface area (Å²) in [6.45, 7) is 0.528. The van der Waals surface area contributed by atoms with E-state index in [1.807, 2.05) is 4.90 Å². The number of aliphatic hydroxyl groups excluding tert-OH is 1. The third-order valence-corrected chi connectivity index (χ3v) is 3.91. The Morgan fingerprint density at radius 2 is 2.00 bits per heavy atom. The Bertz CT molecular complexity index is 313. The van der Waals surface area contributed by atoms with Crippen molar-refractivity contribution in [3.63, 3.8) is 0 Å². The molecule has 1 saturated carbocycles. The number of nitrogens with zero attached hydrogens (tertiary/aromatic N) is 2. The third kappa shape index (κ3) is 2.35. The summed E-state index contributed by atoms with van der Waals surface area (Å²) in [5.41, 5.74) is 0. The molecule has 1 atom stereocenters. The Balaban J connectivity index is 2.10. The molecular weight excluding hydrogens is 220 g/mol. The van der Waals surface area contributed by atoms with E-state index in [0.717, 1.165) is 12.8 Å². The second kappa shape index (κ2) is 5.14. The topological polar surface area (TPSA) is 60.9 Å². The molecule has 2 amide bonds. The van der Waals surface area contributed by atoms with Gasteiger partial charge in [-0.1, -0.05) is 12.8 Å². The highest BCUT2D eigenvalue weighted by molar-refractivity contribution is 6.05. The van der Waals surface area contributed by atoms with Crippen LogP contribution in [0.3, 0.4) is 0 Å². The first-order valence-electron chi connectivity index (χ1n) is 6.32. The monoisotopic (exact) mass is 240 g/mol. The number of likely N-dealkylation sites (N-methyl/N-ethyl adjacent to an activating group) is 1. The predicted octanol–water partition coefficient (Wildman–Crippen LogP) is -0.0194. The molecular formula is C12H20N2O3. The molecule has 0 aromatic carbocycles. The molecule has 1 N–H and O–H groups in total. The Morgan fingerprint density at radius 1 is 1.35 bits per heavy atom. The van der Waals surface area contributed by atoms with E-state index in [1.54, 1.807) is 0 Å². The summed E-state index contributed by atoms with van der Waals surface area (Å²) in [4.78, 5) is 26.8. The number of rotatable bonds is 4. The van der Waals surface area contributed by atoms with E-state index >= 15 is 0 Å². The number of hydrogen-bond donors (Lipinski definition) is 1. The highest BCUT2D eigenvalue weighted by atomic mass is 16.3. The molecule has 5 nitrogen and oxygen atoms in total. The van der Waals surface area contributed by atoms with E-state index in [4.69, 9.17) is 5.11 Å². The standard InChI is InChI=1S/C12H20N2O3/c1-13-11(16)8-10(12(13)17)14(6-7-15)9-4-2-3-5-9/h9-10,15H,2-8H2,1H3. The van der Waals surface area contributed by atoms with Gasteiger partial charge in [-0.15, -0.1) is 0 Å². The van der Waals surface area contributed by atoms with Crippen molar-refractivity contribution < 1.29 is 14.7 Å². The smallest absolute Gasteiger partial charge is 0.246 e. The number of likely N-dealkylation sites (tertiary alicyclic amines) is 1. The molecule has 1 saturated heterocycles. The molecule has 1 heterocycles. The van der Waals surface area contributed by atoms with E-state index in [1.165, 1.54) is 24.8 Å². The van der Waals surface area contributed by atoms with Crippen molar-refractivity contribution in [2.24, 2.45) is 0 Å². The molecule has 1 unspecified atom stereocenters. The molecule has 0 radical (unpaired) electrons. The normalized spacial score (nSPS) is 26.5. The zero-order valence-electron chi connectivity index (χ0n) is 10.3. The second-order valence-electron chi connectivity index (χ2n) is 4.91. The summed E-state index contributed by atoms with van der Waals surface area (Å²) in [7, 11) is 1.54. The quantitative estimate of drug-likeness (QED) is 0.702. The van der Waals surface area contributed by atoms with Gasteiger partial charge in [-0.05, 0) is 12.8 Å². The van der Waals surface area contributed by atoms with Gasteiger partial charge < -0.3 is 5.11 Å². The fourth-order valence-corrected chi connectivity index (χ4v) is 2.94. The van der Waals surface area contributed by atoms with Gasteiger partial charge >= 0.3 is 0 Å². The van der Waals surface area contributed by atoms with Crippen LogP contribution in [0.25, 0.3) is 0 Å². The van der Waals surface area contributed by atoms with Gasteiger partial charge in [-0.25, -0.2) is 0 Å². The summed E-state index contributed by atoms with van der Waals surface area (Å²) in [6, 6.07) is 0.0122. The number of aliphatic hydroxyl groups is 1. The molecule has 1 aliphatic carbocycles. The molecule has 2 fully saturated rings. The van der Waals surface area contributed by atoms with Gasteiger partial charge in [0.1, 0.15) is 0 Å². The minimum absolute atomic E-state index is 0.0399. The second-order valence-corrected chi connectivity index (χ2v) is 4.91. The van der Waals surface area contributed by atoms with E-state index < -0.39 is 0 Å². The van der Waals surface area contributed by atoms with E-state index in [0.29, 0.717) is 12.6 Å². The van der Waals surface area contributed by atoms with Crippen molar-refractivity contribution >= 4 is 11.8 Å². The molecule has 17 heavy (non-hydrogen) atoms. The third-order valence-electron chi connectivity index (χ3n) is 3.91. The fourth-order valence-electron chi connectivity index (χ4n) is 2.94. The Hall–Kier alpha value is -0.940. The van der Waals surface area contributed by atoms with Gasteiger partial charge in [0.2, 0.25) is 11.8 Å². The lowest BCUT2D eigenvalue weighted by Gasteiger charge is -2.32. The highest BCUT2D eigenvalue weighted by Gasteiger charge is 2.42. The lowest BCUT2D eigenvalue weighted by molar-refractivity contribution is -0.138. The van der Waals surface area contributed by atoms with Crippen LogP contribution in [0.5, 0.6) is 0 Å². The van der Waals surface area contributed by atoms with Crippen molar-refractivity contribution in [1.29, 1.82) is 0 Å². The lowest BCUT2D eigenvalue weighted by atomic mass is 10.1.